The number of amides is 1. The van der Waals surface area contributed by atoms with Gasteiger partial charge in [-0.15, -0.1) is 13.2 Å². The number of fused-ring (bicyclic) bond motifs is 1. The van der Waals surface area contributed by atoms with E-state index >= 15 is 0 Å². The van der Waals surface area contributed by atoms with Crippen molar-refractivity contribution in [3.05, 3.63) is 35.7 Å². The van der Waals surface area contributed by atoms with Crippen LogP contribution >= 0.6 is 0 Å². The molecule has 0 unspecified atom stereocenters. The topological polar surface area (TPSA) is 76.5 Å². The molecular weight excluding hydrogens is 449 g/mol. The Balaban J connectivity index is 2.11. The first-order chi connectivity index (χ1) is 15.8. The van der Waals surface area contributed by atoms with Crippen LogP contribution in [-0.4, -0.2) is 53.1 Å². The van der Waals surface area contributed by atoms with Gasteiger partial charge in [-0.3, -0.25) is 9.59 Å². The van der Waals surface area contributed by atoms with Gasteiger partial charge in [-0.1, -0.05) is 32.9 Å². The molecule has 1 atom stereocenters. The average molecular weight is 481 g/mol. The van der Waals surface area contributed by atoms with Crippen LogP contribution in [0.2, 0.25) is 0 Å². The zero-order valence-corrected chi connectivity index (χ0v) is 20.1. The van der Waals surface area contributed by atoms with Crippen LogP contribution in [-0.2, 0) is 17.9 Å². The van der Waals surface area contributed by atoms with E-state index in [1.54, 1.807) is 10.6 Å². The molecule has 10 heteroatoms. The number of Topliss-reactive ketones (excluding diaryl/α,β-unsaturated/α-hetero) is 1. The Hall–Kier alpha value is -2.88. The molecule has 0 saturated heterocycles. The minimum atomic E-state index is -4.86. The van der Waals surface area contributed by atoms with Crippen LogP contribution in [0.1, 0.15) is 49.8 Å². The van der Waals surface area contributed by atoms with Gasteiger partial charge in [0, 0.05) is 26.6 Å². The number of carbonyl (C=O) groups excluding carboxylic acids is 2. The monoisotopic (exact) mass is 480 g/mol. The Morgan fingerprint density at radius 3 is 2.47 bits per heavy atom. The van der Waals surface area contributed by atoms with Crippen LogP contribution in [0.15, 0.2) is 24.3 Å². The van der Waals surface area contributed by atoms with Gasteiger partial charge in [-0.25, -0.2) is 4.98 Å². The molecule has 1 aromatic carbocycles. The van der Waals surface area contributed by atoms with Crippen molar-refractivity contribution in [3.63, 3.8) is 0 Å². The number of nitrogens with one attached hydrogen (secondary N) is 1. The molecule has 186 valence electrons. The maximum Gasteiger partial charge on any atom is 0.573 e. The highest BCUT2D eigenvalue weighted by atomic mass is 19.4. The molecule has 1 N–H and O–H groups in total. The normalized spacial score (nSPS) is 15.9. The highest BCUT2D eigenvalue weighted by Crippen LogP contribution is 2.36. The second-order valence-electron chi connectivity index (χ2n) is 9.68. The molecule has 2 aromatic rings. The predicted octanol–water partition coefficient (Wildman–Crippen LogP) is 4.27. The minimum Gasteiger partial charge on any atom is -0.405 e. The number of rotatable bonds is 6. The fourth-order valence-electron chi connectivity index (χ4n) is 4.26. The van der Waals surface area contributed by atoms with Crippen molar-refractivity contribution >= 4 is 11.7 Å². The number of ether oxygens (including phenoxy) is 1. The van der Waals surface area contributed by atoms with Crippen LogP contribution in [0.4, 0.5) is 13.2 Å². The number of aromatic nitrogens is 2. The number of hydrogen-bond acceptors (Lipinski definition) is 5. The number of halogens is 3. The maximum atomic E-state index is 13.5. The van der Waals surface area contributed by atoms with Gasteiger partial charge in [0.25, 0.3) is 0 Å². The number of imidazole rings is 1. The molecule has 0 radical (unpaired) electrons. The molecule has 1 aromatic heterocycles. The summed E-state index contributed by atoms with van der Waals surface area (Å²) in [7, 11) is 3.44. The molecule has 7 nitrogen and oxygen atoms in total. The molecule has 0 saturated carbocycles. The largest absolute Gasteiger partial charge is 0.573 e. The first-order valence-electron chi connectivity index (χ1n) is 11.2. The SMILES string of the molecule is CNC(=O)[C@@H](CC(=O)c1nc(-c2ccccc2OC(F)(F)F)n2c1CN(C)CCC2)C(C)(C)C. The molecule has 34 heavy (non-hydrogen) atoms. The van der Waals surface area contributed by atoms with Crippen molar-refractivity contribution in [2.45, 2.75) is 53.1 Å². The Bertz CT molecular complexity index is 1060. The lowest BCUT2D eigenvalue weighted by atomic mass is 9.77. The molecule has 2 heterocycles. The third-order valence-electron chi connectivity index (χ3n) is 6.03. The fourth-order valence-corrected chi connectivity index (χ4v) is 4.26. The molecular formula is C24H31F3N4O3. The number of nitrogens with zero attached hydrogens (tertiary/aromatic N) is 3. The van der Waals surface area contributed by atoms with Gasteiger partial charge in [0.1, 0.15) is 17.3 Å². The summed E-state index contributed by atoms with van der Waals surface area (Å²) >= 11 is 0. The Morgan fingerprint density at radius 2 is 1.85 bits per heavy atom. The van der Waals surface area contributed by atoms with E-state index in [1.165, 1.54) is 25.2 Å². The third-order valence-corrected chi connectivity index (χ3v) is 6.03. The van der Waals surface area contributed by atoms with E-state index in [0.717, 1.165) is 13.0 Å². The van der Waals surface area contributed by atoms with Crippen LogP contribution in [0.25, 0.3) is 11.4 Å². The van der Waals surface area contributed by atoms with E-state index in [2.05, 4.69) is 15.0 Å². The van der Waals surface area contributed by atoms with E-state index in [-0.39, 0.29) is 40.9 Å². The lowest BCUT2D eigenvalue weighted by Crippen LogP contribution is -2.37. The molecule has 1 amide bonds. The molecule has 0 fully saturated rings. The van der Waals surface area contributed by atoms with Gasteiger partial charge in [0.15, 0.2) is 5.78 Å². The van der Waals surface area contributed by atoms with Crippen LogP contribution < -0.4 is 10.1 Å². The summed E-state index contributed by atoms with van der Waals surface area (Å²) in [6, 6.07) is 5.79. The van der Waals surface area contributed by atoms with Gasteiger partial charge < -0.3 is 19.5 Å². The zero-order valence-electron chi connectivity index (χ0n) is 20.1. The summed E-state index contributed by atoms with van der Waals surface area (Å²) in [5.41, 5.74) is 0.498. The van der Waals surface area contributed by atoms with Gasteiger partial charge in [0.2, 0.25) is 5.91 Å². The molecule has 0 aliphatic carbocycles. The lowest BCUT2D eigenvalue weighted by molar-refractivity contribution is -0.274. The van der Waals surface area contributed by atoms with Gasteiger partial charge in [-0.05, 0) is 37.6 Å². The summed E-state index contributed by atoms with van der Waals surface area (Å²) in [6.45, 7) is 7.33. The summed E-state index contributed by atoms with van der Waals surface area (Å²) in [5.74, 6) is -1.27. The summed E-state index contributed by atoms with van der Waals surface area (Å²) in [6.07, 6.45) is -4.18. The predicted molar refractivity (Wildman–Crippen MR) is 121 cm³/mol. The van der Waals surface area contributed by atoms with Crippen molar-refractivity contribution < 1.29 is 27.5 Å². The number of hydrogen-bond donors (Lipinski definition) is 1. The quantitative estimate of drug-likeness (QED) is 0.625. The average Bonchev–Trinajstić information content (AvgIpc) is 2.96. The maximum absolute atomic E-state index is 13.5. The van der Waals surface area contributed by atoms with Crippen LogP contribution in [0.3, 0.4) is 0 Å². The van der Waals surface area contributed by atoms with Gasteiger partial charge in [0.05, 0.1) is 17.2 Å². The third kappa shape index (κ3) is 5.78. The minimum absolute atomic E-state index is 0.0585. The number of para-hydroxylation sites is 1. The Kier molecular flexibility index (Phi) is 7.40. The standard InChI is InChI=1S/C24H31F3N4O3/c1-23(2,3)16(22(33)28-4)13-18(32)20-17-14-30(5)11-8-12-31(17)21(29-20)15-9-6-7-10-19(15)34-24(25,26)27/h6-7,9-10,16H,8,11-14H2,1-5H3,(H,28,33)/t16-/m1/s1. The van der Waals surface area contributed by atoms with Gasteiger partial charge in [-0.2, -0.15) is 0 Å². The highest BCUT2D eigenvalue weighted by Gasteiger charge is 2.36. The van der Waals surface area contributed by atoms with Crippen molar-refractivity contribution in [2.24, 2.45) is 11.3 Å². The molecule has 1 aliphatic heterocycles. The molecule has 0 spiro atoms. The van der Waals surface area contributed by atoms with Crippen LogP contribution in [0.5, 0.6) is 5.75 Å². The zero-order chi connectivity index (χ0) is 25.3. The van der Waals surface area contributed by atoms with Crippen molar-refractivity contribution in [3.8, 4) is 17.1 Å². The second kappa shape index (κ2) is 9.77. The Morgan fingerprint density at radius 1 is 1.18 bits per heavy atom. The lowest BCUT2D eigenvalue weighted by Gasteiger charge is -2.28. The van der Waals surface area contributed by atoms with E-state index in [9.17, 15) is 22.8 Å². The van der Waals surface area contributed by atoms with E-state index < -0.39 is 17.7 Å². The fraction of sp³-hybridized carbons (Fsp3) is 0.542. The number of benzene rings is 1. The summed E-state index contributed by atoms with van der Waals surface area (Å²) in [4.78, 5) is 32.6. The number of carbonyl (C=O) groups is 2. The number of alkyl halides is 3. The molecule has 1 aliphatic rings. The van der Waals surface area contributed by atoms with E-state index in [4.69, 9.17) is 0 Å². The Labute approximate surface area is 197 Å². The van der Waals surface area contributed by atoms with Gasteiger partial charge >= 0.3 is 6.36 Å². The molecule has 3 rings (SSSR count). The van der Waals surface area contributed by atoms with Crippen molar-refractivity contribution in [2.75, 3.05) is 20.6 Å². The van der Waals surface area contributed by atoms with Crippen LogP contribution in [0, 0.1) is 11.3 Å². The highest BCUT2D eigenvalue weighted by molar-refractivity contribution is 5.99. The van der Waals surface area contributed by atoms with Crippen molar-refractivity contribution in [1.82, 2.24) is 19.8 Å². The smallest absolute Gasteiger partial charge is 0.405 e. The molecule has 0 bridgehead atoms. The number of ketones is 1. The summed E-state index contributed by atoms with van der Waals surface area (Å²) < 4.78 is 45.2. The second-order valence-corrected chi connectivity index (χ2v) is 9.68. The van der Waals surface area contributed by atoms with E-state index in [0.29, 0.717) is 18.8 Å². The van der Waals surface area contributed by atoms with E-state index in [1.807, 2.05) is 32.7 Å². The first kappa shape index (κ1) is 25.7. The first-order valence-corrected chi connectivity index (χ1v) is 11.2. The summed E-state index contributed by atoms with van der Waals surface area (Å²) in [5, 5.41) is 2.62. The van der Waals surface area contributed by atoms with Crippen molar-refractivity contribution in [1.29, 1.82) is 0 Å².